The Morgan fingerprint density at radius 3 is 2.23 bits per heavy atom. The minimum atomic E-state index is -0.334. The molecule has 0 amide bonds. The lowest BCUT2D eigenvalue weighted by atomic mass is 9.95. The highest BCUT2D eigenvalue weighted by molar-refractivity contribution is 4.92. The van der Waals surface area contributed by atoms with Crippen LogP contribution in [0.25, 0.3) is 0 Å². The molecule has 1 unspecified atom stereocenters. The van der Waals surface area contributed by atoms with Gasteiger partial charge in [0.2, 0.25) is 0 Å². The van der Waals surface area contributed by atoms with Crippen LogP contribution < -0.4 is 0 Å². The highest BCUT2D eigenvalue weighted by atomic mass is 16.5. The van der Waals surface area contributed by atoms with E-state index in [-0.39, 0.29) is 17.2 Å². The summed E-state index contributed by atoms with van der Waals surface area (Å²) < 4.78 is 0. The van der Waals surface area contributed by atoms with Crippen LogP contribution in [0.2, 0.25) is 0 Å². The number of hydrogen-bond acceptors (Lipinski definition) is 3. The third kappa shape index (κ3) is 2.22. The number of hydrogen-bond donors (Lipinski definition) is 2. The van der Waals surface area contributed by atoms with Crippen molar-refractivity contribution in [3.05, 3.63) is 0 Å². The zero-order chi connectivity index (χ0) is 10.3. The van der Waals surface area contributed by atoms with Crippen LogP contribution in [-0.4, -0.2) is 32.6 Å². The van der Waals surface area contributed by atoms with Crippen LogP contribution >= 0.6 is 0 Å². The Kier molecular flexibility index (Phi) is 2.72. The van der Waals surface area contributed by atoms with Gasteiger partial charge in [0.1, 0.15) is 0 Å². The lowest BCUT2D eigenvalue weighted by Gasteiger charge is -2.42. The van der Waals surface area contributed by atoms with E-state index in [9.17, 15) is 10.3 Å². The zero-order valence-corrected chi connectivity index (χ0v) is 9.04. The Hall–Kier alpha value is -0.120. The maximum absolute atomic E-state index is 9.98. The van der Waals surface area contributed by atoms with Crippen molar-refractivity contribution in [2.75, 3.05) is 0 Å². The molecule has 1 saturated heterocycles. The summed E-state index contributed by atoms with van der Waals surface area (Å²) in [6.07, 6.45) is 1.94. The van der Waals surface area contributed by atoms with Crippen molar-refractivity contribution in [3.8, 4) is 0 Å². The lowest BCUT2D eigenvalue weighted by molar-refractivity contribution is -0.222. The van der Waals surface area contributed by atoms with Gasteiger partial charge in [0.25, 0.3) is 0 Å². The Labute approximate surface area is 80.3 Å². The molecule has 0 saturated carbocycles. The molecule has 0 bridgehead atoms. The minimum absolute atomic E-state index is 0.235. The first-order valence-corrected chi connectivity index (χ1v) is 4.93. The Morgan fingerprint density at radius 2 is 1.69 bits per heavy atom. The van der Waals surface area contributed by atoms with Gasteiger partial charge in [-0.25, -0.2) is 0 Å². The second-order valence-corrected chi connectivity index (χ2v) is 5.33. The van der Waals surface area contributed by atoms with Crippen molar-refractivity contribution in [2.24, 2.45) is 0 Å². The average molecular weight is 187 g/mol. The molecule has 3 heteroatoms. The van der Waals surface area contributed by atoms with E-state index in [2.05, 4.69) is 0 Å². The first kappa shape index (κ1) is 11.0. The second kappa shape index (κ2) is 3.23. The summed E-state index contributed by atoms with van der Waals surface area (Å²) in [6.45, 7) is 7.94. The van der Waals surface area contributed by atoms with Crippen molar-refractivity contribution < 1.29 is 10.3 Å². The third-order valence-corrected chi connectivity index (χ3v) is 2.97. The summed E-state index contributed by atoms with van der Waals surface area (Å²) >= 11 is 0. The van der Waals surface area contributed by atoms with Crippen LogP contribution in [0.15, 0.2) is 0 Å². The number of rotatable bonds is 0. The summed E-state index contributed by atoms with van der Waals surface area (Å²) in [4.78, 5) is 0. The average Bonchev–Trinajstić information content (AvgIpc) is 2.03. The second-order valence-electron chi connectivity index (χ2n) is 5.33. The smallest absolute Gasteiger partial charge is 0.0559 e. The van der Waals surface area contributed by atoms with Crippen LogP contribution in [0.5, 0.6) is 0 Å². The highest BCUT2D eigenvalue weighted by Gasteiger charge is 2.41. The van der Waals surface area contributed by atoms with Gasteiger partial charge in [0.15, 0.2) is 0 Å². The van der Waals surface area contributed by atoms with Crippen molar-refractivity contribution in [2.45, 2.75) is 64.1 Å². The number of aliphatic hydroxyl groups is 1. The third-order valence-electron chi connectivity index (χ3n) is 2.97. The lowest BCUT2D eigenvalue weighted by Crippen LogP contribution is -2.52. The summed E-state index contributed by atoms with van der Waals surface area (Å²) in [6, 6.07) is 0. The fourth-order valence-corrected chi connectivity index (χ4v) is 2.21. The molecule has 1 atom stereocenters. The molecule has 0 aromatic rings. The van der Waals surface area contributed by atoms with Crippen LogP contribution in [0.3, 0.4) is 0 Å². The molecule has 2 N–H and O–H groups in total. The van der Waals surface area contributed by atoms with Gasteiger partial charge in [-0.05, 0) is 47.0 Å². The van der Waals surface area contributed by atoms with E-state index in [1.807, 2.05) is 27.7 Å². The molecule has 13 heavy (non-hydrogen) atoms. The molecule has 1 aliphatic heterocycles. The molecule has 0 aromatic carbocycles. The molecule has 0 spiro atoms. The summed E-state index contributed by atoms with van der Waals surface area (Å²) in [5, 5.41) is 21.0. The molecule has 0 radical (unpaired) electrons. The largest absolute Gasteiger partial charge is 0.393 e. The van der Waals surface area contributed by atoms with Crippen molar-refractivity contribution in [3.63, 3.8) is 0 Å². The van der Waals surface area contributed by atoms with E-state index in [4.69, 9.17) is 0 Å². The van der Waals surface area contributed by atoms with Gasteiger partial charge in [-0.3, -0.25) is 0 Å². The Balaban J connectivity index is 2.87. The van der Waals surface area contributed by atoms with E-state index in [1.54, 1.807) is 0 Å². The Bertz CT molecular complexity index is 189. The van der Waals surface area contributed by atoms with Crippen LogP contribution in [-0.2, 0) is 0 Å². The van der Waals surface area contributed by atoms with Gasteiger partial charge in [0.05, 0.1) is 6.10 Å². The van der Waals surface area contributed by atoms with Crippen LogP contribution in [0, 0.1) is 0 Å². The maximum atomic E-state index is 9.98. The highest BCUT2D eigenvalue weighted by Crippen LogP contribution is 2.34. The number of hydroxylamine groups is 2. The fourth-order valence-electron chi connectivity index (χ4n) is 2.21. The number of aliphatic hydroxyl groups excluding tert-OH is 1. The quantitative estimate of drug-likeness (QED) is 0.607. The van der Waals surface area contributed by atoms with Crippen molar-refractivity contribution >= 4 is 0 Å². The maximum Gasteiger partial charge on any atom is 0.0559 e. The van der Waals surface area contributed by atoms with Gasteiger partial charge in [0, 0.05) is 11.1 Å². The monoisotopic (exact) mass is 187 g/mol. The molecule has 0 aliphatic carbocycles. The van der Waals surface area contributed by atoms with Gasteiger partial charge in [-0.15, -0.1) is 0 Å². The topological polar surface area (TPSA) is 43.7 Å². The van der Waals surface area contributed by atoms with Crippen molar-refractivity contribution in [1.29, 1.82) is 0 Å². The molecule has 3 nitrogen and oxygen atoms in total. The number of nitrogens with zero attached hydrogens (tertiary/aromatic N) is 1. The van der Waals surface area contributed by atoms with E-state index in [0.29, 0.717) is 6.42 Å². The summed E-state index contributed by atoms with van der Waals surface area (Å²) in [5.41, 5.74) is -0.569. The van der Waals surface area contributed by atoms with Gasteiger partial charge in [-0.1, -0.05) is 0 Å². The molecule has 1 aliphatic rings. The molecule has 1 fully saturated rings. The van der Waals surface area contributed by atoms with E-state index in [1.165, 1.54) is 5.06 Å². The molecule has 78 valence electrons. The molecule has 1 heterocycles. The summed E-state index contributed by atoms with van der Waals surface area (Å²) in [7, 11) is 0. The van der Waals surface area contributed by atoms with E-state index in [0.717, 1.165) is 12.8 Å². The molecule has 0 aromatic heterocycles. The first-order valence-electron chi connectivity index (χ1n) is 4.93. The first-order chi connectivity index (χ1) is 5.76. The Morgan fingerprint density at radius 1 is 1.15 bits per heavy atom. The minimum Gasteiger partial charge on any atom is -0.393 e. The summed E-state index contributed by atoms with van der Waals surface area (Å²) in [5.74, 6) is 0. The van der Waals surface area contributed by atoms with E-state index < -0.39 is 0 Å². The van der Waals surface area contributed by atoms with E-state index >= 15 is 0 Å². The molecule has 1 rings (SSSR count). The predicted molar refractivity (Wildman–Crippen MR) is 51.6 cm³/mol. The van der Waals surface area contributed by atoms with Crippen molar-refractivity contribution in [1.82, 2.24) is 5.06 Å². The zero-order valence-electron chi connectivity index (χ0n) is 9.04. The standard InChI is InChI=1S/C10H21NO2/c1-9(2)6-5-8(12)7-10(3,4)11(9)13/h8,12-13H,5-7H2,1-4H3. The predicted octanol–water partition coefficient (Wildman–Crippen LogP) is 1.78. The van der Waals surface area contributed by atoms with Gasteiger partial charge < -0.3 is 10.3 Å². The SMILES string of the molecule is CC1(C)CCC(O)CC(C)(C)N1O. The van der Waals surface area contributed by atoms with Gasteiger partial charge >= 0.3 is 0 Å². The van der Waals surface area contributed by atoms with Crippen LogP contribution in [0.1, 0.15) is 47.0 Å². The van der Waals surface area contributed by atoms with Gasteiger partial charge in [-0.2, -0.15) is 5.06 Å². The molecular weight excluding hydrogens is 166 g/mol. The normalized spacial score (nSPS) is 34.2. The fraction of sp³-hybridized carbons (Fsp3) is 1.00. The van der Waals surface area contributed by atoms with Crippen LogP contribution in [0.4, 0.5) is 0 Å². The molecular formula is C10H21NO2.